The fraction of sp³-hybridized carbons (Fsp3) is 0.360. The second-order valence-corrected chi connectivity index (χ2v) is 7.57. The number of benzene rings is 2. The lowest BCUT2D eigenvalue weighted by atomic mass is 10.0. The Morgan fingerprint density at radius 2 is 1.66 bits per heavy atom. The smallest absolute Gasteiger partial charge is 0.282 e. The number of hydrogen-bond donors (Lipinski definition) is 0. The average Bonchev–Trinajstić information content (AvgIpc) is 3.09. The van der Waals surface area contributed by atoms with Gasteiger partial charge >= 0.3 is 0 Å². The van der Waals surface area contributed by atoms with Crippen molar-refractivity contribution in [2.75, 3.05) is 44.4 Å². The summed E-state index contributed by atoms with van der Waals surface area (Å²) in [5.41, 5.74) is 2.01. The van der Waals surface area contributed by atoms with Crippen LogP contribution in [0.5, 0.6) is 11.5 Å². The van der Waals surface area contributed by atoms with Gasteiger partial charge in [0.25, 0.3) is 11.8 Å². The Kier molecular flexibility index (Phi) is 6.75. The van der Waals surface area contributed by atoms with Gasteiger partial charge < -0.3 is 19.1 Å². The first-order chi connectivity index (χ1) is 15.6. The predicted molar refractivity (Wildman–Crippen MR) is 122 cm³/mol. The molecule has 0 N–H and O–H groups in total. The molecule has 0 bridgehead atoms. The second kappa shape index (κ2) is 9.87. The van der Waals surface area contributed by atoms with E-state index in [9.17, 15) is 9.59 Å². The fourth-order valence-corrected chi connectivity index (χ4v) is 3.91. The number of rotatable bonds is 8. The molecule has 1 saturated heterocycles. The summed E-state index contributed by atoms with van der Waals surface area (Å²) in [6, 6.07) is 14.4. The number of amides is 2. The molecule has 2 aromatic rings. The summed E-state index contributed by atoms with van der Waals surface area (Å²) >= 11 is 0. The third-order valence-corrected chi connectivity index (χ3v) is 5.39. The summed E-state index contributed by atoms with van der Waals surface area (Å²) in [5.74, 6) is 0.686. The second-order valence-electron chi connectivity index (χ2n) is 7.57. The van der Waals surface area contributed by atoms with E-state index in [0.29, 0.717) is 67.8 Å². The van der Waals surface area contributed by atoms with E-state index in [1.165, 1.54) is 4.90 Å². The van der Waals surface area contributed by atoms with Crippen LogP contribution >= 0.6 is 0 Å². The molecule has 0 aliphatic carbocycles. The fourth-order valence-electron chi connectivity index (χ4n) is 3.91. The molecule has 32 heavy (non-hydrogen) atoms. The lowest BCUT2D eigenvalue weighted by molar-refractivity contribution is -0.121. The van der Waals surface area contributed by atoms with Crippen LogP contribution in [0.2, 0.25) is 0 Å². The van der Waals surface area contributed by atoms with Crippen LogP contribution in [0.25, 0.3) is 5.57 Å². The van der Waals surface area contributed by atoms with Crippen LogP contribution in [0, 0.1) is 0 Å². The van der Waals surface area contributed by atoms with Crippen molar-refractivity contribution in [2.24, 2.45) is 0 Å². The van der Waals surface area contributed by atoms with Gasteiger partial charge in [0, 0.05) is 19.2 Å². The Hall–Kier alpha value is -3.32. The standard InChI is InChI=1S/C25H28N2O5/c1-3-14-32-20-10-8-18(9-11-20)22-23(26-12-15-30-16-13-26)25(29)27(24(22)28)19-6-5-7-21(17-19)31-4-2/h5-11,17H,3-4,12-16H2,1-2H3. The van der Waals surface area contributed by atoms with Crippen LogP contribution in [0.1, 0.15) is 25.8 Å². The lowest BCUT2D eigenvalue weighted by Crippen LogP contribution is -2.40. The van der Waals surface area contributed by atoms with Gasteiger partial charge in [-0.3, -0.25) is 9.59 Å². The Bertz CT molecular complexity index is 1010. The molecule has 168 valence electrons. The van der Waals surface area contributed by atoms with Crippen molar-refractivity contribution in [3.8, 4) is 11.5 Å². The van der Waals surface area contributed by atoms with Gasteiger partial charge in [-0.25, -0.2) is 4.90 Å². The number of morpholine rings is 1. The van der Waals surface area contributed by atoms with Gasteiger partial charge in [0.05, 0.1) is 37.7 Å². The summed E-state index contributed by atoms with van der Waals surface area (Å²) in [7, 11) is 0. The highest BCUT2D eigenvalue weighted by Gasteiger charge is 2.42. The minimum Gasteiger partial charge on any atom is -0.494 e. The highest BCUT2D eigenvalue weighted by molar-refractivity contribution is 6.45. The van der Waals surface area contributed by atoms with E-state index >= 15 is 0 Å². The molecule has 2 aliphatic rings. The third kappa shape index (κ3) is 4.34. The van der Waals surface area contributed by atoms with E-state index in [4.69, 9.17) is 14.2 Å². The highest BCUT2D eigenvalue weighted by Crippen LogP contribution is 2.36. The maximum absolute atomic E-state index is 13.6. The molecule has 0 atom stereocenters. The van der Waals surface area contributed by atoms with Crippen LogP contribution in [-0.4, -0.2) is 56.2 Å². The maximum Gasteiger partial charge on any atom is 0.282 e. The number of hydrogen-bond acceptors (Lipinski definition) is 6. The number of carbonyl (C=O) groups is 2. The first-order valence-electron chi connectivity index (χ1n) is 11.1. The van der Waals surface area contributed by atoms with Crippen molar-refractivity contribution in [3.63, 3.8) is 0 Å². The van der Waals surface area contributed by atoms with Gasteiger partial charge in [-0.2, -0.15) is 0 Å². The third-order valence-electron chi connectivity index (χ3n) is 5.39. The maximum atomic E-state index is 13.6. The molecule has 0 aromatic heterocycles. The average molecular weight is 437 g/mol. The first kappa shape index (κ1) is 21.9. The van der Waals surface area contributed by atoms with Crippen LogP contribution in [-0.2, 0) is 14.3 Å². The first-order valence-corrected chi connectivity index (χ1v) is 11.1. The van der Waals surface area contributed by atoms with Crippen molar-refractivity contribution in [1.29, 1.82) is 0 Å². The SMILES string of the molecule is CCCOc1ccc(C2=C(N3CCOCC3)C(=O)N(c3cccc(OCC)c3)C2=O)cc1. The number of imide groups is 1. The molecule has 2 heterocycles. The minimum absolute atomic E-state index is 0.327. The summed E-state index contributed by atoms with van der Waals surface area (Å²) in [6.07, 6.45) is 0.914. The summed E-state index contributed by atoms with van der Waals surface area (Å²) in [6.45, 7) is 7.21. The van der Waals surface area contributed by atoms with Crippen molar-refractivity contribution in [1.82, 2.24) is 4.90 Å². The van der Waals surface area contributed by atoms with Gasteiger partial charge in [0.2, 0.25) is 0 Å². The number of nitrogens with zero attached hydrogens (tertiary/aromatic N) is 2. The molecule has 0 unspecified atom stereocenters. The lowest BCUT2D eigenvalue weighted by Gasteiger charge is -2.29. The Labute approximate surface area is 188 Å². The van der Waals surface area contributed by atoms with Gasteiger partial charge in [-0.15, -0.1) is 0 Å². The van der Waals surface area contributed by atoms with E-state index in [0.717, 1.165) is 12.2 Å². The zero-order valence-electron chi connectivity index (χ0n) is 18.5. The Morgan fingerprint density at radius 1 is 0.906 bits per heavy atom. The molecular formula is C25H28N2O5. The van der Waals surface area contributed by atoms with Crippen molar-refractivity contribution in [3.05, 3.63) is 59.8 Å². The van der Waals surface area contributed by atoms with Crippen LogP contribution < -0.4 is 14.4 Å². The monoisotopic (exact) mass is 436 g/mol. The number of anilines is 1. The largest absolute Gasteiger partial charge is 0.494 e. The van der Waals surface area contributed by atoms with Gasteiger partial charge in [-0.1, -0.05) is 25.1 Å². The molecule has 0 radical (unpaired) electrons. The predicted octanol–water partition coefficient (Wildman–Crippen LogP) is 3.49. The molecule has 0 saturated carbocycles. The van der Waals surface area contributed by atoms with Crippen LogP contribution in [0.3, 0.4) is 0 Å². The molecule has 7 heteroatoms. The topological polar surface area (TPSA) is 68.3 Å². The quantitative estimate of drug-likeness (QED) is 0.590. The molecule has 2 aliphatic heterocycles. The van der Waals surface area contributed by atoms with Crippen molar-refractivity contribution >= 4 is 23.1 Å². The molecule has 0 spiro atoms. The molecule has 4 rings (SSSR count). The molecule has 2 amide bonds. The Balaban J connectivity index is 1.73. The summed E-state index contributed by atoms with van der Waals surface area (Å²) in [4.78, 5) is 30.4. The van der Waals surface area contributed by atoms with Crippen LogP contribution in [0.4, 0.5) is 5.69 Å². The normalized spacial score (nSPS) is 16.7. The molecule has 2 aromatic carbocycles. The Morgan fingerprint density at radius 3 is 2.34 bits per heavy atom. The molecule has 1 fully saturated rings. The van der Waals surface area contributed by atoms with Crippen molar-refractivity contribution < 1.29 is 23.8 Å². The van der Waals surface area contributed by atoms with E-state index in [1.807, 2.05) is 49.1 Å². The molecule has 7 nitrogen and oxygen atoms in total. The minimum atomic E-state index is -0.340. The van der Waals surface area contributed by atoms with Crippen LogP contribution in [0.15, 0.2) is 54.2 Å². The van der Waals surface area contributed by atoms with E-state index in [-0.39, 0.29) is 11.8 Å². The van der Waals surface area contributed by atoms with Crippen molar-refractivity contribution in [2.45, 2.75) is 20.3 Å². The van der Waals surface area contributed by atoms with E-state index < -0.39 is 0 Å². The summed E-state index contributed by atoms with van der Waals surface area (Å²) < 4.78 is 16.7. The van der Waals surface area contributed by atoms with E-state index in [2.05, 4.69) is 0 Å². The zero-order valence-corrected chi connectivity index (χ0v) is 18.5. The number of ether oxygens (including phenoxy) is 3. The summed E-state index contributed by atoms with van der Waals surface area (Å²) in [5, 5.41) is 0. The number of carbonyl (C=O) groups excluding carboxylic acids is 2. The van der Waals surface area contributed by atoms with E-state index in [1.54, 1.807) is 18.2 Å². The van der Waals surface area contributed by atoms with Gasteiger partial charge in [-0.05, 0) is 43.2 Å². The van der Waals surface area contributed by atoms with Gasteiger partial charge in [0.15, 0.2) is 0 Å². The molecular weight excluding hydrogens is 408 g/mol. The zero-order chi connectivity index (χ0) is 22.5. The highest BCUT2D eigenvalue weighted by atomic mass is 16.5. The van der Waals surface area contributed by atoms with Gasteiger partial charge in [0.1, 0.15) is 17.2 Å².